The molecule has 0 aromatic carbocycles. The topological polar surface area (TPSA) is 12.4 Å². The van der Waals surface area contributed by atoms with E-state index in [1.807, 2.05) is 41.5 Å². The molecule has 0 rings (SSSR count). The largest absolute Gasteiger partial charge is 0.301 e. The lowest BCUT2D eigenvalue weighted by molar-refractivity contribution is 1.11. The van der Waals surface area contributed by atoms with Gasteiger partial charge in [-0.05, 0) is 26.5 Å². The highest BCUT2D eigenvalue weighted by Crippen LogP contribution is 1.88. The molecule has 0 aromatic heterocycles. The van der Waals surface area contributed by atoms with Crippen molar-refractivity contribution >= 4 is 6.21 Å². The van der Waals surface area contributed by atoms with Gasteiger partial charge in [-0.1, -0.05) is 40.2 Å². The van der Waals surface area contributed by atoms with Crippen LogP contribution in [0.5, 0.6) is 0 Å². The number of aliphatic imine (C=N–C) groups is 1. The summed E-state index contributed by atoms with van der Waals surface area (Å²) in [7, 11) is 1.75. The second-order valence-electron chi connectivity index (χ2n) is 1.83. The van der Waals surface area contributed by atoms with Crippen LogP contribution in [0.4, 0.5) is 0 Å². The van der Waals surface area contributed by atoms with E-state index in [0.717, 1.165) is 6.42 Å². The van der Waals surface area contributed by atoms with Gasteiger partial charge in [-0.3, -0.25) is 0 Å². The second-order valence-corrected chi connectivity index (χ2v) is 1.83. The summed E-state index contributed by atoms with van der Waals surface area (Å²) < 4.78 is 0. The van der Waals surface area contributed by atoms with Crippen LogP contribution in [0.25, 0.3) is 0 Å². The van der Waals surface area contributed by atoms with E-state index >= 15 is 0 Å². The smallest absolute Gasteiger partial charge is 0.0273 e. The van der Waals surface area contributed by atoms with E-state index in [1.54, 1.807) is 13.3 Å². The SMILES string of the molecule is C=C(C)CC.CC.CC.CC=NC. The van der Waals surface area contributed by atoms with Gasteiger partial charge in [0.15, 0.2) is 0 Å². The quantitative estimate of drug-likeness (QED) is 0.415. The molecular formula is C12H29N. The summed E-state index contributed by atoms with van der Waals surface area (Å²) in [6, 6.07) is 0. The van der Waals surface area contributed by atoms with Crippen LogP contribution in [-0.4, -0.2) is 13.3 Å². The molecular weight excluding hydrogens is 158 g/mol. The Kier molecular flexibility index (Phi) is 74.2. The van der Waals surface area contributed by atoms with E-state index in [1.165, 1.54) is 5.57 Å². The minimum Gasteiger partial charge on any atom is -0.301 e. The normalized spacial score (nSPS) is 6.77. The summed E-state index contributed by atoms with van der Waals surface area (Å²) in [4.78, 5) is 3.61. The molecule has 1 heteroatoms. The summed E-state index contributed by atoms with van der Waals surface area (Å²) >= 11 is 0. The Morgan fingerprint density at radius 2 is 1.38 bits per heavy atom. The maximum absolute atomic E-state index is 3.67. The van der Waals surface area contributed by atoms with Crippen molar-refractivity contribution in [2.24, 2.45) is 4.99 Å². The molecule has 0 aliphatic heterocycles. The summed E-state index contributed by atoms with van der Waals surface area (Å²) in [5, 5.41) is 0. The van der Waals surface area contributed by atoms with Crippen molar-refractivity contribution in [3.05, 3.63) is 12.2 Å². The monoisotopic (exact) mass is 187 g/mol. The first-order chi connectivity index (χ1) is 6.18. The summed E-state index contributed by atoms with van der Waals surface area (Å²) in [6.45, 7) is 17.7. The summed E-state index contributed by atoms with van der Waals surface area (Å²) in [5.74, 6) is 0. The predicted octanol–water partition coefficient (Wildman–Crippen LogP) is 4.73. The number of hydrogen-bond donors (Lipinski definition) is 0. The zero-order chi connectivity index (χ0) is 11.7. The van der Waals surface area contributed by atoms with Gasteiger partial charge in [0.1, 0.15) is 0 Å². The average molecular weight is 187 g/mol. The van der Waals surface area contributed by atoms with Gasteiger partial charge in [0.2, 0.25) is 0 Å². The van der Waals surface area contributed by atoms with E-state index in [9.17, 15) is 0 Å². The number of allylic oxidation sites excluding steroid dienone is 1. The molecule has 0 amide bonds. The van der Waals surface area contributed by atoms with Gasteiger partial charge >= 0.3 is 0 Å². The van der Waals surface area contributed by atoms with Crippen LogP contribution >= 0.6 is 0 Å². The van der Waals surface area contributed by atoms with E-state index in [0.29, 0.717) is 0 Å². The maximum Gasteiger partial charge on any atom is 0.0273 e. The first-order valence-corrected chi connectivity index (χ1v) is 5.20. The molecule has 0 fully saturated rings. The molecule has 0 saturated heterocycles. The van der Waals surface area contributed by atoms with E-state index in [4.69, 9.17) is 0 Å². The van der Waals surface area contributed by atoms with Crippen molar-refractivity contribution in [2.75, 3.05) is 7.05 Å². The standard InChI is InChI=1S/C5H10.C3H7N.2C2H6/c1-4-5(2)3;1-3-4-2;2*1-2/h2,4H2,1,3H3;3H,1-2H3;2*1-2H3. The highest BCUT2D eigenvalue weighted by Gasteiger charge is 1.67. The zero-order valence-electron chi connectivity index (χ0n) is 10.9. The van der Waals surface area contributed by atoms with E-state index in [2.05, 4.69) is 18.5 Å². The Labute approximate surface area is 86.0 Å². The molecule has 0 aliphatic rings. The molecule has 0 N–H and O–H groups in total. The Hall–Kier alpha value is -0.590. The third-order valence-corrected chi connectivity index (χ3v) is 0.862. The van der Waals surface area contributed by atoms with Gasteiger partial charge in [0.25, 0.3) is 0 Å². The fourth-order valence-electron chi connectivity index (χ4n) is 0. The summed E-state index contributed by atoms with van der Waals surface area (Å²) in [5.41, 5.74) is 1.25. The third kappa shape index (κ3) is 174. The molecule has 0 spiro atoms. The summed E-state index contributed by atoms with van der Waals surface area (Å²) in [6.07, 6.45) is 2.86. The van der Waals surface area contributed by atoms with Gasteiger partial charge in [-0.25, -0.2) is 0 Å². The molecule has 0 unspecified atom stereocenters. The van der Waals surface area contributed by atoms with Gasteiger partial charge in [-0.15, -0.1) is 6.58 Å². The maximum atomic E-state index is 3.67. The lowest BCUT2D eigenvalue weighted by Crippen LogP contribution is -1.58. The van der Waals surface area contributed by atoms with Crippen molar-refractivity contribution in [1.82, 2.24) is 0 Å². The van der Waals surface area contributed by atoms with Crippen LogP contribution in [0.2, 0.25) is 0 Å². The highest BCUT2D eigenvalue weighted by molar-refractivity contribution is 5.52. The molecule has 13 heavy (non-hydrogen) atoms. The van der Waals surface area contributed by atoms with Crippen molar-refractivity contribution in [2.45, 2.75) is 54.9 Å². The van der Waals surface area contributed by atoms with Crippen LogP contribution < -0.4 is 0 Å². The van der Waals surface area contributed by atoms with Crippen molar-refractivity contribution in [1.29, 1.82) is 0 Å². The minimum atomic E-state index is 1.11. The van der Waals surface area contributed by atoms with Crippen molar-refractivity contribution < 1.29 is 0 Å². The lowest BCUT2D eigenvalue weighted by atomic mass is 10.3. The van der Waals surface area contributed by atoms with Gasteiger partial charge in [-0.2, -0.15) is 0 Å². The zero-order valence-corrected chi connectivity index (χ0v) is 10.9. The Bertz CT molecular complexity index is 79.1. The fourth-order valence-corrected chi connectivity index (χ4v) is 0. The Balaban J connectivity index is -0.0000000457. The molecule has 0 aliphatic carbocycles. The van der Waals surface area contributed by atoms with Gasteiger partial charge in [0.05, 0.1) is 0 Å². The van der Waals surface area contributed by atoms with Crippen LogP contribution in [-0.2, 0) is 0 Å². The third-order valence-electron chi connectivity index (χ3n) is 0.862. The molecule has 0 aromatic rings. The van der Waals surface area contributed by atoms with E-state index < -0.39 is 0 Å². The van der Waals surface area contributed by atoms with Crippen molar-refractivity contribution in [3.63, 3.8) is 0 Å². The molecule has 82 valence electrons. The Morgan fingerprint density at radius 1 is 1.23 bits per heavy atom. The molecule has 0 saturated carbocycles. The van der Waals surface area contributed by atoms with Crippen LogP contribution in [0.1, 0.15) is 54.9 Å². The minimum absolute atomic E-state index is 1.11. The van der Waals surface area contributed by atoms with Crippen molar-refractivity contribution in [3.8, 4) is 0 Å². The van der Waals surface area contributed by atoms with Crippen LogP contribution in [0.15, 0.2) is 17.1 Å². The fraction of sp³-hybridized carbons (Fsp3) is 0.750. The van der Waals surface area contributed by atoms with E-state index in [-0.39, 0.29) is 0 Å². The first kappa shape index (κ1) is 22.8. The lowest BCUT2D eigenvalue weighted by Gasteiger charge is -1.79. The van der Waals surface area contributed by atoms with Crippen LogP contribution in [0, 0.1) is 0 Å². The predicted molar refractivity (Wildman–Crippen MR) is 67.9 cm³/mol. The number of rotatable bonds is 1. The van der Waals surface area contributed by atoms with Gasteiger partial charge in [0, 0.05) is 7.05 Å². The highest BCUT2D eigenvalue weighted by atomic mass is 14.6. The number of hydrogen-bond acceptors (Lipinski definition) is 1. The van der Waals surface area contributed by atoms with Crippen LogP contribution in [0.3, 0.4) is 0 Å². The average Bonchev–Trinajstić information content (AvgIpc) is 2.24. The molecule has 0 heterocycles. The Morgan fingerprint density at radius 3 is 1.38 bits per heavy atom. The first-order valence-electron chi connectivity index (χ1n) is 5.20. The molecule has 1 nitrogen and oxygen atoms in total. The molecule has 0 bridgehead atoms. The second kappa shape index (κ2) is 42.2. The molecule has 0 atom stereocenters. The number of nitrogens with zero attached hydrogens (tertiary/aromatic N) is 1. The van der Waals surface area contributed by atoms with Gasteiger partial charge < -0.3 is 4.99 Å². The molecule has 0 radical (unpaired) electrons.